The average Bonchev–Trinajstić information content (AvgIpc) is 2.26. The van der Waals surface area contributed by atoms with Gasteiger partial charge in [-0.3, -0.25) is 10.4 Å². The Morgan fingerprint density at radius 3 is 2.71 bits per heavy atom. The highest BCUT2D eigenvalue weighted by Crippen LogP contribution is 2.15. The van der Waals surface area contributed by atoms with Gasteiger partial charge in [0.1, 0.15) is 5.82 Å². The Bertz CT molecular complexity index is 401. The number of rotatable bonds is 3. The van der Waals surface area contributed by atoms with Gasteiger partial charge in [0.05, 0.1) is 0 Å². The van der Waals surface area contributed by atoms with Crippen LogP contribution in [-0.2, 0) is 0 Å². The lowest BCUT2D eigenvalue weighted by molar-refractivity contribution is 0.627. The summed E-state index contributed by atoms with van der Waals surface area (Å²) in [6.45, 7) is 6.64. The Kier molecular flexibility index (Phi) is 4.90. The first-order valence-electron chi connectivity index (χ1n) is 5.57. The fourth-order valence-electron chi connectivity index (χ4n) is 1.29. The predicted octanol–water partition coefficient (Wildman–Crippen LogP) is 2.02. The minimum Gasteiger partial charge on any atom is -0.325 e. The van der Waals surface area contributed by atoms with Gasteiger partial charge < -0.3 is 5.32 Å². The molecule has 0 amide bonds. The molecule has 0 aliphatic heterocycles. The van der Waals surface area contributed by atoms with E-state index in [1.807, 2.05) is 6.92 Å². The monoisotopic (exact) mass is 238 g/mol. The number of hydrazine groups is 1. The number of aryl methyl sites for hydroxylation is 1. The number of aliphatic imine (C=N–C) groups is 1. The summed E-state index contributed by atoms with van der Waals surface area (Å²) >= 11 is 0. The van der Waals surface area contributed by atoms with E-state index >= 15 is 0 Å². The van der Waals surface area contributed by atoms with Crippen molar-refractivity contribution in [3.63, 3.8) is 0 Å². The fraction of sp³-hybridized carbons (Fsp3) is 0.417. The molecule has 1 rings (SSSR count). The summed E-state index contributed by atoms with van der Waals surface area (Å²) < 4.78 is 12.9. The van der Waals surface area contributed by atoms with Crippen LogP contribution < -0.4 is 16.6 Å². The first-order chi connectivity index (χ1) is 8.02. The van der Waals surface area contributed by atoms with Crippen LogP contribution in [0.5, 0.6) is 0 Å². The maximum Gasteiger partial charge on any atom is 0.210 e. The molecule has 0 heterocycles. The zero-order valence-corrected chi connectivity index (χ0v) is 10.4. The molecule has 4 nitrogen and oxygen atoms in total. The maximum atomic E-state index is 12.9. The smallest absolute Gasteiger partial charge is 0.210 e. The number of hydrogen-bond acceptors (Lipinski definition) is 2. The minimum atomic E-state index is -0.255. The lowest BCUT2D eigenvalue weighted by Crippen LogP contribution is -2.36. The summed E-state index contributed by atoms with van der Waals surface area (Å²) in [7, 11) is 0. The van der Waals surface area contributed by atoms with E-state index in [-0.39, 0.29) is 5.82 Å². The third-order valence-corrected chi connectivity index (χ3v) is 2.19. The molecular formula is C12H19FN4. The van der Waals surface area contributed by atoms with E-state index in [1.54, 1.807) is 6.07 Å². The number of nitrogens with zero attached hydrogens (tertiary/aromatic N) is 1. The van der Waals surface area contributed by atoms with Gasteiger partial charge in [-0.15, -0.1) is 0 Å². The van der Waals surface area contributed by atoms with Crippen molar-refractivity contribution in [1.82, 2.24) is 5.43 Å². The van der Waals surface area contributed by atoms with Crippen LogP contribution in [0, 0.1) is 18.7 Å². The molecule has 5 heteroatoms. The third-order valence-electron chi connectivity index (χ3n) is 2.19. The topological polar surface area (TPSA) is 62.4 Å². The lowest BCUT2D eigenvalue weighted by atomic mass is 10.2. The van der Waals surface area contributed by atoms with Crippen LogP contribution >= 0.6 is 0 Å². The average molecular weight is 238 g/mol. The molecule has 0 saturated carbocycles. The quantitative estimate of drug-likeness (QED) is 0.327. The van der Waals surface area contributed by atoms with Gasteiger partial charge in [-0.25, -0.2) is 10.2 Å². The molecule has 0 atom stereocenters. The predicted molar refractivity (Wildman–Crippen MR) is 69.2 cm³/mol. The highest BCUT2D eigenvalue weighted by molar-refractivity contribution is 5.93. The number of anilines is 1. The molecule has 0 bridgehead atoms. The van der Waals surface area contributed by atoms with Crippen molar-refractivity contribution in [2.75, 3.05) is 11.9 Å². The first-order valence-corrected chi connectivity index (χ1v) is 5.57. The fourth-order valence-corrected chi connectivity index (χ4v) is 1.29. The van der Waals surface area contributed by atoms with Crippen LogP contribution in [0.4, 0.5) is 10.1 Å². The number of nitrogens with two attached hydrogens (primary N) is 1. The van der Waals surface area contributed by atoms with Crippen molar-refractivity contribution in [2.45, 2.75) is 20.8 Å². The molecule has 0 fully saturated rings. The number of benzene rings is 1. The van der Waals surface area contributed by atoms with E-state index in [2.05, 4.69) is 29.6 Å². The van der Waals surface area contributed by atoms with E-state index in [0.717, 1.165) is 11.3 Å². The zero-order chi connectivity index (χ0) is 12.8. The van der Waals surface area contributed by atoms with Crippen LogP contribution in [0.1, 0.15) is 19.4 Å². The van der Waals surface area contributed by atoms with Gasteiger partial charge in [0.2, 0.25) is 5.96 Å². The summed E-state index contributed by atoms with van der Waals surface area (Å²) in [6, 6.07) is 4.51. The van der Waals surface area contributed by atoms with E-state index in [1.165, 1.54) is 12.1 Å². The standard InChI is InChI=1S/C12H19FN4/c1-8(2)7-15-12(17-14)16-11-5-4-10(13)6-9(11)3/h4-6,8H,7,14H2,1-3H3,(H2,15,16,17). The third kappa shape index (κ3) is 4.40. The van der Waals surface area contributed by atoms with E-state index in [9.17, 15) is 4.39 Å². The first kappa shape index (κ1) is 13.4. The molecule has 1 aromatic carbocycles. The molecule has 0 radical (unpaired) electrons. The molecular weight excluding hydrogens is 219 g/mol. The van der Waals surface area contributed by atoms with Crippen LogP contribution in [0.2, 0.25) is 0 Å². The number of halogens is 1. The molecule has 0 unspecified atom stereocenters. The highest BCUT2D eigenvalue weighted by Gasteiger charge is 2.03. The molecule has 0 aliphatic carbocycles. The van der Waals surface area contributed by atoms with E-state index < -0.39 is 0 Å². The van der Waals surface area contributed by atoms with Gasteiger partial charge in [0.25, 0.3) is 0 Å². The molecule has 0 aromatic heterocycles. The van der Waals surface area contributed by atoms with Gasteiger partial charge >= 0.3 is 0 Å². The summed E-state index contributed by atoms with van der Waals surface area (Å²) in [5.74, 6) is 6.05. The Labute approximate surface area is 101 Å². The van der Waals surface area contributed by atoms with Gasteiger partial charge in [0.15, 0.2) is 0 Å². The SMILES string of the molecule is Cc1cc(F)ccc1NC(=NCC(C)C)NN. The van der Waals surface area contributed by atoms with Crippen molar-refractivity contribution in [1.29, 1.82) is 0 Å². The minimum absolute atomic E-state index is 0.255. The maximum absolute atomic E-state index is 12.9. The number of nitrogens with one attached hydrogen (secondary N) is 2. The molecule has 0 aliphatic rings. The van der Waals surface area contributed by atoms with E-state index in [0.29, 0.717) is 18.4 Å². The second-order valence-corrected chi connectivity index (χ2v) is 4.31. The molecule has 94 valence electrons. The van der Waals surface area contributed by atoms with Crippen LogP contribution in [0.25, 0.3) is 0 Å². The van der Waals surface area contributed by atoms with Crippen LogP contribution in [-0.4, -0.2) is 12.5 Å². The number of guanidine groups is 1. The van der Waals surface area contributed by atoms with Crippen molar-refractivity contribution >= 4 is 11.6 Å². The zero-order valence-electron chi connectivity index (χ0n) is 10.4. The molecule has 0 saturated heterocycles. The highest BCUT2D eigenvalue weighted by atomic mass is 19.1. The van der Waals surface area contributed by atoms with Crippen molar-refractivity contribution in [2.24, 2.45) is 16.8 Å². The summed E-state index contributed by atoms with van der Waals surface area (Å²) in [5, 5.41) is 3.03. The Balaban J connectivity index is 2.77. The Morgan fingerprint density at radius 1 is 1.47 bits per heavy atom. The van der Waals surface area contributed by atoms with Gasteiger partial charge in [-0.1, -0.05) is 13.8 Å². The molecule has 17 heavy (non-hydrogen) atoms. The van der Waals surface area contributed by atoms with Crippen molar-refractivity contribution < 1.29 is 4.39 Å². The second-order valence-electron chi connectivity index (χ2n) is 4.31. The number of hydrogen-bond donors (Lipinski definition) is 3. The lowest BCUT2D eigenvalue weighted by Gasteiger charge is -2.12. The second kappa shape index (κ2) is 6.20. The van der Waals surface area contributed by atoms with Crippen LogP contribution in [0.3, 0.4) is 0 Å². The Hall–Kier alpha value is -1.62. The molecule has 4 N–H and O–H groups in total. The normalized spacial score (nSPS) is 11.8. The van der Waals surface area contributed by atoms with Crippen LogP contribution in [0.15, 0.2) is 23.2 Å². The summed E-state index contributed by atoms with van der Waals surface area (Å²) in [5.41, 5.74) is 4.08. The largest absolute Gasteiger partial charge is 0.325 e. The molecule has 1 aromatic rings. The van der Waals surface area contributed by atoms with Gasteiger partial charge in [0, 0.05) is 12.2 Å². The van der Waals surface area contributed by atoms with Crippen molar-refractivity contribution in [3.8, 4) is 0 Å². The Morgan fingerprint density at radius 2 is 2.18 bits per heavy atom. The summed E-state index contributed by atoms with van der Waals surface area (Å²) in [6.07, 6.45) is 0. The van der Waals surface area contributed by atoms with Gasteiger partial charge in [-0.2, -0.15) is 0 Å². The molecule has 0 spiro atoms. The van der Waals surface area contributed by atoms with Gasteiger partial charge in [-0.05, 0) is 36.6 Å². The summed E-state index contributed by atoms with van der Waals surface area (Å²) in [4.78, 5) is 4.28. The van der Waals surface area contributed by atoms with E-state index in [4.69, 9.17) is 5.84 Å². The van der Waals surface area contributed by atoms with Crippen molar-refractivity contribution in [3.05, 3.63) is 29.6 Å².